The van der Waals surface area contributed by atoms with Crippen LogP contribution in [0.4, 0.5) is 5.69 Å². The number of ether oxygens (including phenoxy) is 2. The minimum absolute atomic E-state index is 0.170. The summed E-state index contributed by atoms with van der Waals surface area (Å²) in [5.41, 5.74) is 8.56. The Morgan fingerprint density at radius 3 is 2.87 bits per heavy atom. The number of nitrogens with zero attached hydrogens (tertiary/aromatic N) is 4. The van der Waals surface area contributed by atoms with E-state index in [0.29, 0.717) is 43.6 Å². The molecule has 0 aliphatic carbocycles. The van der Waals surface area contributed by atoms with Gasteiger partial charge in [0.25, 0.3) is 5.91 Å². The van der Waals surface area contributed by atoms with Gasteiger partial charge in [-0.1, -0.05) is 12.1 Å². The Kier molecular flexibility index (Phi) is 7.08. The van der Waals surface area contributed by atoms with Crippen molar-refractivity contribution in [2.75, 3.05) is 38.3 Å². The summed E-state index contributed by atoms with van der Waals surface area (Å²) in [4.78, 5) is 12.8. The van der Waals surface area contributed by atoms with Crippen molar-refractivity contribution in [2.24, 2.45) is 5.73 Å². The maximum atomic E-state index is 12.8. The summed E-state index contributed by atoms with van der Waals surface area (Å²) in [5, 5.41) is 11.7. The summed E-state index contributed by atoms with van der Waals surface area (Å²) in [7, 11) is 0. The quantitative estimate of drug-likeness (QED) is 0.510. The Morgan fingerprint density at radius 1 is 1.16 bits per heavy atom. The molecule has 9 heteroatoms. The fourth-order valence-electron chi connectivity index (χ4n) is 3.57. The molecule has 9 nitrogen and oxygen atoms in total. The first-order valence-corrected chi connectivity index (χ1v) is 10.6. The zero-order chi connectivity index (χ0) is 21.5. The minimum atomic E-state index is -0.170. The number of nitrogens with one attached hydrogen (secondary N) is 1. The van der Waals surface area contributed by atoms with E-state index >= 15 is 0 Å². The summed E-state index contributed by atoms with van der Waals surface area (Å²) in [6, 6.07) is 7.82. The summed E-state index contributed by atoms with van der Waals surface area (Å²) in [6.45, 7) is 3.75. The van der Waals surface area contributed by atoms with E-state index in [9.17, 15) is 4.79 Å². The summed E-state index contributed by atoms with van der Waals surface area (Å²) in [5.74, 6) is -0.170. The highest BCUT2D eigenvalue weighted by Gasteiger charge is 2.17. The smallest absolute Gasteiger partial charge is 0.255 e. The molecule has 0 radical (unpaired) electrons. The van der Waals surface area contributed by atoms with Crippen molar-refractivity contribution >= 4 is 11.6 Å². The number of hydrogen-bond acceptors (Lipinski definition) is 6. The van der Waals surface area contributed by atoms with E-state index in [1.165, 1.54) is 0 Å². The molecule has 3 N–H and O–H groups in total. The molecule has 1 amide bonds. The molecule has 1 fully saturated rings. The molecule has 3 heterocycles. The van der Waals surface area contributed by atoms with Crippen molar-refractivity contribution in [2.45, 2.75) is 25.4 Å². The number of hydrogen-bond donors (Lipinski definition) is 2. The number of rotatable bonds is 9. The third-order valence-electron chi connectivity index (χ3n) is 5.24. The van der Waals surface area contributed by atoms with E-state index in [0.717, 1.165) is 37.2 Å². The van der Waals surface area contributed by atoms with Crippen LogP contribution < -0.4 is 11.1 Å². The van der Waals surface area contributed by atoms with E-state index in [1.54, 1.807) is 18.5 Å². The average molecular weight is 425 g/mol. The van der Waals surface area contributed by atoms with Gasteiger partial charge in [0.15, 0.2) is 0 Å². The molecule has 1 aliphatic rings. The predicted octanol–water partition coefficient (Wildman–Crippen LogP) is 2.33. The molecule has 0 spiro atoms. The van der Waals surface area contributed by atoms with Gasteiger partial charge in [-0.2, -0.15) is 10.2 Å². The van der Waals surface area contributed by atoms with Crippen molar-refractivity contribution in [3.8, 4) is 11.1 Å². The van der Waals surface area contributed by atoms with Crippen LogP contribution in [0.2, 0.25) is 0 Å². The van der Waals surface area contributed by atoms with Crippen molar-refractivity contribution in [3.63, 3.8) is 0 Å². The number of carbonyl (C=O) groups is 1. The van der Waals surface area contributed by atoms with Gasteiger partial charge in [0.2, 0.25) is 0 Å². The van der Waals surface area contributed by atoms with Gasteiger partial charge in [-0.15, -0.1) is 0 Å². The maximum Gasteiger partial charge on any atom is 0.255 e. The lowest BCUT2D eigenvalue weighted by atomic mass is 10.1. The highest BCUT2D eigenvalue weighted by molar-refractivity contribution is 6.04. The molecule has 0 unspecified atom stereocenters. The first kappa shape index (κ1) is 21.2. The molecule has 164 valence electrons. The fourth-order valence-corrected chi connectivity index (χ4v) is 3.57. The largest absolute Gasteiger partial charge is 0.381 e. The molecule has 3 aromatic rings. The lowest BCUT2D eigenvalue weighted by molar-refractivity contribution is 0.0662. The van der Waals surface area contributed by atoms with Gasteiger partial charge < -0.3 is 20.5 Å². The second kappa shape index (κ2) is 10.3. The van der Waals surface area contributed by atoms with Gasteiger partial charge in [0.05, 0.1) is 43.9 Å². The summed E-state index contributed by atoms with van der Waals surface area (Å²) < 4.78 is 14.5. The number of amides is 1. The zero-order valence-electron chi connectivity index (χ0n) is 17.4. The van der Waals surface area contributed by atoms with Crippen LogP contribution in [0, 0.1) is 0 Å². The molecule has 4 rings (SSSR count). The third kappa shape index (κ3) is 5.57. The highest BCUT2D eigenvalue weighted by atomic mass is 16.5. The van der Waals surface area contributed by atoms with Crippen LogP contribution in [-0.4, -0.2) is 58.4 Å². The van der Waals surface area contributed by atoms with E-state index in [-0.39, 0.29) is 5.91 Å². The van der Waals surface area contributed by atoms with Gasteiger partial charge in [-0.3, -0.25) is 14.2 Å². The van der Waals surface area contributed by atoms with E-state index < -0.39 is 0 Å². The third-order valence-corrected chi connectivity index (χ3v) is 5.24. The van der Waals surface area contributed by atoms with Crippen molar-refractivity contribution in [1.82, 2.24) is 19.6 Å². The number of nitrogens with two attached hydrogens (primary N) is 1. The Bertz CT molecular complexity index is 993. The molecular formula is C22H28N6O3. The SMILES string of the molecule is NCCOCCn1cc(-c2cccc(C(=O)Nc3cnn(C4CCOCC4)c3)c2)cn1. The van der Waals surface area contributed by atoms with Crippen LogP contribution in [0.3, 0.4) is 0 Å². The van der Waals surface area contributed by atoms with Crippen molar-refractivity contribution in [1.29, 1.82) is 0 Å². The number of benzene rings is 1. The van der Waals surface area contributed by atoms with Crippen LogP contribution in [-0.2, 0) is 16.0 Å². The Morgan fingerprint density at radius 2 is 2.03 bits per heavy atom. The Hall–Kier alpha value is -3.01. The second-order valence-corrected chi connectivity index (χ2v) is 7.48. The molecule has 0 bridgehead atoms. The van der Waals surface area contributed by atoms with Gasteiger partial charge in [0, 0.05) is 43.3 Å². The van der Waals surface area contributed by atoms with Crippen LogP contribution in [0.5, 0.6) is 0 Å². The number of aromatic nitrogens is 4. The first-order valence-electron chi connectivity index (χ1n) is 10.6. The highest BCUT2D eigenvalue weighted by Crippen LogP contribution is 2.23. The lowest BCUT2D eigenvalue weighted by Gasteiger charge is -2.22. The predicted molar refractivity (Wildman–Crippen MR) is 117 cm³/mol. The van der Waals surface area contributed by atoms with Gasteiger partial charge >= 0.3 is 0 Å². The molecule has 1 saturated heterocycles. The minimum Gasteiger partial charge on any atom is -0.381 e. The fraction of sp³-hybridized carbons (Fsp3) is 0.409. The topological polar surface area (TPSA) is 109 Å². The zero-order valence-corrected chi connectivity index (χ0v) is 17.4. The monoisotopic (exact) mass is 424 g/mol. The lowest BCUT2D eigenvalue weighted by Crippen LogP contribution is -2.19. The summed E-state index contributed by atoms with van der Waals surface area (Å²) in [6.07, 6.45) is 9.18. The standard InChI is InChI=1S/C22H28N6O3/c23-6-10-31-11-7-27-15-19(13-24-27)17-2-1-3-18(12-17)22(29)26-20-14-25-28(16-20)21-4-8-30-9-5-21/h1-3,12-16,21H,4-11,23H2,(H,26,29). The van der Waals surface area contributed by atoms with E-state index in [1.807, 2.05) is 40.0 Å². The Balaban J connectivity index is 1.38. The normalized spacial score (nSPS) is 14.6. The molecular weight excluding hydrogens is 396 g/mol. The van der Waals surface area contributed by atoms with Crippen molar-refractivity contribution in [3.05, 3.63) is 54.6 Å². The van der Waals surface area contributed by atoms with Gasteiger partial charge in [-0.05, 0) is 30.5 Å². The average Bonchev–Trinajstić information content (AvgIpc) is 3.47. The van der Waals surface area contributed by atoms with Crippen LogP contribution in [0.15, 0.2) is 49.1 Å². The van der Waals surface area contributed by atoms with Crippen LogP contribution in [0.25, 0.3) is 11.1 Å². The summed E-state index contributed by atoms with van der Waals surface area (Å²) >= 11 is 0. The molecule has 2 aromatic heterocycles. The maximum absolute atomic E-state index is 12.8. The first-order chi connectivity index (χ1) is 15.2. The number of anilines is 1. The second-order valence-electron chi connectivity index (χ2n) is 7.48. The number of carbonyl (C=O) groups excluding carboxylic acids is 1. The van der Waals surface area contributed by atoms with Crippen LogP contribution in [0.1, 0.15) is 29.2 Å². The van der Waals surface area contributed by atoms with Gasteiger partial charge in [0.1, 0.15) is 0 Å². The molecule has 31 heavy (non-hydrogen) atoms. The van der Waals surface area contributed by atoms with E-state index in [4.69, 9.17) is 15.2 Å². The molecule has 1 aliphatic heterocycles. The van der Waals surface area contributed by atoms with Crippen LogP contribution >= 0.6 is 0 Å². The molecule has 0 atom stereocenters. The van der Waals surface area contributed by atoms with Gasteiger partial charge in [-0.25, -0.2) is 0 Å². The Labute approximate surface area is 181 Å². The van der Waals surface area contributed by atoms with E-state index in [2.05, 4.69) is 15.5 Å². The molecule has 1 aromatic carbocycles. The molecule has 0 saturated carbocycles. The van der Waals surface area contributed by atoms with Crippen molar-refractivity contribution < 1.29 is 14.3 Å².